The second kappa shape index (κ2) is 4.97. The average Bonchev–Trinajstić information content (AvgIpc) is 2.70. The molecule has 0 saturated heterocycles. The number of rotatable bonds is 3. The van der Waals surface area contributed by atoms with Gasteiger partial charge < -0.3 is 5.32 Å². The van der Waals surface area contributed by atoms with Crippen LogP contribution in [0.3, 0.4) is 0 Å². The summed E-state index contributed by atoms with van der Waals surface area (Å²) in [6.45, 7) is 3.58. The third-order valence-corrected chi connectivity index (χ3v) is 3.24. The zero-order valence-corrected chi connectivity index (χ0v) is 10.6. The fraction of sp³-hybridized carbons (Fsp3) is 0.250. The second-order valence-electron chi connectivity index (χ2n) is 3.90. The Hall–Kier alpha value is -1.56. The van der Waals surface area contributed by atoms with Gasteiger partial charge in [-0.2, -0.15) is 0 Å². The molecule has 18 heavy (non-hydrogen) atoms. The van der Waals surface area contributed by atoms with Crippen LogP contribution in [0.5, 0.6) is 0 Å². The lowest BCUT2D eigenvalue weighted by atomic mass is 10.2. The Morgan fingerprint density at radius 1 is 1.22 bits per heavy atom. The monoisotopic (exact) mass is 272 g/mol. The number of benzene rings is 1. The summed E-state index contributed by atoms with van der Waals surface area (Å²) in [6.07, 6.45) is 0. The van der Waals surface area contributed by atoms with E-state index in [9.17, 15) is 13.2 Å². The van der Waals surface area contributed by atoms with E-state index in [1.54, 1.807) is 6.92 Å². The lowest BCUT2D eigenvalue weighted by molar-refractivity contribution is 0.545. The van der Waals surface area contributed by atoms with Crippen LogP contribution in [0, 0.1) is 24.4 Å². The highest BCUT2D eigenvalue weighted by Crippen LogP contribution is 2.25. The van der Waals surface area contributed by atoms with Crippen molar-refractivity contribution < 1.29 is 13.2 Å². The topological polar surface area (TPSA) is 24.9 Å². The molecule has 1 aromatic heterocycles. The lowest BCUT2D eigenvalue weighted by Crippen LogP contribution is -2.10. The Morgan fingerprint density at radius 3 is 2.33 bits per heavy atom. The van der Waals surface area contributed by atoms with Crippen LogP contribution >= 0.6 is 11.3 Å². The van der Waals surface area contributed by atoms with Gasteiger partial charge in [0.2, 0.25) is 0 Å². The summed E-state index contributed by atoms with van der Waals surface area (Å²) in [7, 11) is 0. The molecule has 1 atom stereocenters. The Kier molecular flexibility index (Phi) is 3.56. The van der Waals surface area contributed by atoms with Crippen molar-refractivity contribution in [2.45, 2.75) is 19.9 Å². The SMILES string of the molecule is Cc1nc(C(C)Nc2c(F)cc(F)cc2F)cs1. The maximum atomic E-state index is 13.4. The number of anilines is 1. The molecule has 0 amide bonds. The predicted octanol–water partition coefficient (Wildman–Crippen LogP) is 4.04. The van der Waals surface area contributed by atoms with Crippen molar-refractivity contribution in [2.24, 2.45) is 0 Å². The molecule has 1 heterocycles. The first-order chi connectivity index (χ1) is 8.47. The molecule has 0 aliphatic heterocycles. The van der Waals surface area contributed by atoms with Crippen LogP contribution in [-0.4, -0.2) is 4.98 Å². The normalized spacial score (nSPS) is 12.5. The van der Waals surface area contributed by atoms with Crippen LogP contribution < -0.4 is 5.32 Å². The van der Waals surface area contributed by atoms with E-state index in [4.69, 9.17) is 0 Å². The van der Waals surface area contributed by atoms with E-state index in [0.717, 1.165) is 5.01 Å². The molecular weight excluding hydrogens is 261 g/mol. The maximum absolute atomic E-state index is 13.4. The molecule has 1 N–H and O–H groups in total. The minimum atomic E-state index is -0.952. The zero-order valence-electron chi connectivity index (χ0n) is 9.80. The van der Waals surface area contributed by atoms with Crippen molar-refractivity contribution in [3.05, 3.63) is 45.7 Å². The van der Waals surface area contributed by atoms with Crippen molar-refractivity contribution in [1.82, 2.24) is 4.98 Å². The van der Waals surface area contributed by atoms with Crippen LogP contribution in [0.25, 0.3) is 0 Å². The summed E-state index contributed by atoms with van der Waals surface area (Å²) < 4.78 is 39.6. The van der Waals surface area contributed by atoms with Gasteiger partial charge in [-0.25, -0.2) is 18.2 Å². The van der Waals surface area contributed by atoms with Crippen molar-refractivity contribution in [2.75, 3.05) is 5.32 Å². The summed E-state index contributed by atoms with van der Waals surface area (Å²) in [4.78, 5) is 4.22. The highest BCUT2D eigenvalue weighted by molar-refractivity contribution is 7.09. The molecule has 2 nitrogen and oxygen atoms in total. The Labute approximate surface area is 106 Å². The number of nitrogens with zero attached hydrogens (tertiary/aromatic N) is 1. The van der Waals surface area contributed by atoms with Gasteiger partial charge in [-0.3, -0.25) is 0 Å². The van der Waals surface area contributed by atoms with Gasteiger partial charge in [0, 0.05) is 17.5 Å². The number of hydrogen-bond donors (Lipinski definition) is 1. The van der Waals surface area contributed by atoms with Gasteiger partial charge in [0.15, 0.2) is 11.6 Å². The van der Waals surface area contributed by atoms with Crippen LogP contribution in [0.2, 0.25) is 0 Å². The van der Waals surface area contributed by atoms with Crippen molar-refractivity contribution in [3.8, 4) is 0 Å². The number of aryl methyl sites for hydroxylation is 1. The largest absolute Gasteiger partial charge is 0.372 e. The van der Waals surface area contributed by atoms with Gasteiger partial charge in [0.1, 0.15) is 11.5 Å². The number of halogens is 3. The summed E-state index contributed by atoms with van der Waals surface area (Å²) in [5.74, 6) is -2.84. The molecule has 0 fully saturated rings. The Bertz CT molecular complexity index is 545. The average molecular weight is 272 g/mol. The summed E-state index contributed by atoms with van der Waals surface area (Å²) in [6, 6.07) is 0.930. The molecule has 6 heteroatoms. The first-order valence-electron chi connectivity index (χ1n) is 5.30. The van der Waals surface area contributed by atoms with E-state index >= 15 is 0 Å². The molecule has 0 radical (unpaired) electrons. The maximum Gasteiger partial charge on any atom is 0.152 e. The van der Waals surface area contributed by atoms with Gasteiger partial charge in [0.25, 0.3) is 0 Å². The number of nitrogens with one attached hydrogen (secondary N) is 1. The van der Waals surface area contributed by atoms with Gasteiger partial charge in [-0.05, 0) is 13.8 Å². The number of hydrogen-bond acceptors (Lipinski definition) is 3. The molecule has 0 spiro atoms. The quantitative estimate of drug-likeness (QED) is 0.912. The van der Waals surface area contributed by atoms with Crippen molar-refractivity contribution in [3.63, 3.8) is 0 Å². The van der Waals surface area contributed by atoms with E-state index in [0.29, 0.717) is 17.8 Å². The molecule has 0 aliphatic carbocycles. The molecule has 0 aliphatic rings. The summed E-state index contributed by atoms with van der Waals surface area (Å²) in [5.41, 5.74) is 0.357. The Morgan fingerprint density at radius 2 is 1.83 bits per heavy atom. The smallest absolute Gasteiger partial charge is 0.152 e. The highest BCUT2D eigenvalue weighted by Gasteiger charge is 2.16. The van der Waals surface area contributed by atoms with E-state index in [1.165, 1.54) is 11.3 Å². The third-order valence-electron chi connectivity index (χ3n) is 2.45. The van der Waals surface area contributed by atoms with Crippen LogP contribution in [0.1, 0.15) is 23.7 Å². The predicted molar refractivity (Wildman–Crippen MR) is 65.2 cm³/mol. The molecule has 0 bridgehead atoms. The molecule has 1 aromatic carbocycles. The van der Waals surface area contributed by atoms with E-state index in [-0.39, 0.29) is 11.7 Å². The summed E-state index contributed by atoms with van der Waals surface area (Å²) >= 11 is 1.46. The molecular formula is C12H11F3N2S. The van der Waals surface area contributed by atoms with Crippen LogP contribution in [0.15, 0.2) is 17.5 Å². The molecule has 96 valence electrons. The lowest BCUT2D eigenvalue weighted by Gasteiger charge is -2.14. The Balaban J connectivity index is 2.24. The zero-order chi connectivity index (χ0) is 13.3. The van der Waals surface area contributed by atoms with Crippen molar-refractivity contribution >= 4 is 17.0 Å². The van der Waals surface area contributed by atoms with E-state index in [1.807, 2.05) is 12.3 Å². The van der Waals surface area contributed by atoms with E-state index < -0.39 is 17.5 Å². The van der Waals surface area contributed by atoms with Gasteiger partial charge in [-0.15, -0.1) is 11.3 Å². The number of thiazole rings is 1. The fourth-order valence-corrected chi connectivity index (χ4v) is 2.26. The van der Waals surface area contributed by atoms with Crippen LogP contribution in [-0.2, 0) is 0 Å². The van der Waals surface area contributed by atoms with Gasteiger partial charge >= 0.3 is 0 Å². The third kappa shape index (κ3) is 2.64. The number of aromatic nitrogens is 1. The molecule has 1 unspecified atom stereocenters. The minimum Gasteiger partial charge on any atom is -0.372 e. The van der Waals surface area contributed by atoms with E-state index in [2.05, 4.69) is 10.3 Å². The highest BCUT2D eigenvalue weighted by atomic mass is 32.1. The standard InChI is InChI=1S/C12H11F3N2S/c1-6(11-5-18-7(2)17-11)16-12-9(14)3-8(13)4-10(12)15/h3-6,16H,1-2H3. The molecule has 0 saturated carbocycles. The first-order valence-corrected chi connectivity index (χ1v) is 6.18. The van der Waals surface area contributed by atoms with Crippen molar-refractivity contribution in [1.29, 1.82) is 0 Å². The molecule has 2 aromatic rings. The first kappa shape index (κ1) is 12.9. The minimum absolute atomic E-state index is 0.338. The van der Waals surface area contributed by atoms with Gasteiger partial charge in [-0.1, -0.05) is 0 Å². The fourth-order valence-electron chi connectivity index (χ4n) is 1.55. The molecule has 2 rings (SSSR count). The second-order valence-corrected chi connectivity index (χ2v) is 4.96. The van der Waals surface area contributed by atoms with Crippen LogP contribution in [0.4, 0.5) is 18.9 Å². The van der Waals surface area contributed by atoms with Gasteiger partial charge in [0.05, 0.1) is 16.7 Å². The summed E-state index contributed by atoms with van der Waals surface area (Å²) in [5, 5.41) is 5.35.